The lowest BCUT2D eigenvalue weighted by Crippen LogP contribution is -2.17. The molecule has 1 aliphatic carbocycles. The molecule has 0 aliphatic heterocycles. The van der Waals surface area contributed by atoms with Gasteiger partial charge in [-0.2, -0.15) is 4.98 Å². The van der Waals surface area contributed by atoms with E-state index in [1.54, 1.807) is 0 Å². The summed E-state index contributed by atoms with van der Waals surface area (Å²) in [7, 11) is 0. The zero-order valence-electron chi connectivity index (χ0n) is 12.9. The topological polar surface area (TPSA) is 73.1 Å². The molecule has 22 heavy (non-hydrogen) atoms. The van der Waals surface area contributed by atoms with E-state index in [0.717, 1.165) is 25.0 Å². The molecule has 0 atom stereocenters. The lowest BCUT2D eigenvalue weighted by atomic mass is 10.2. The van der Waals surface area contributed by atoms with Crippen LogP contribution in [-0.4, -0.2) is 16.0 Å². The number of aromatic nitrogens is 2. The maximum absolute atomic E-state index is 6.15. The van der Waals surface area contributed by atoms with E-state index in [0.29, 0.717) is 23.4 Å². The zero-order chi connectivity index (χ0) is 15.4. The van der Waals surface area contributed by atoms with Crippen LogP contribution < -0.4 is 15.8 Å². The summed E-state index contributed by atoms with van der Waals surface area (Å²) in [4.78, 5) is 8.40. The first kappa shape index (κ1) is 14.6. The van der Waals surface area contributed by atoms with Gasteiger partial charge in [0.1, 0.15) is 17.8 Å². The molecule has 1 fully saturated rings. The maximum atomic E-state index is 6.15. The Kier molecular flexibility index (Phi) is 4.42. The minimum Gasteiger partial charge on any atom is -0.437 e. The normalized spacial score (nSPS) is 15.0. The van der Waals surface area contributed by atoms with Crippen molar-refractivity contribution in [3.63, 3.8) is 0 Å². The number of ether oxygens (including phenoxy) is 1. The van der Waals surface area contributed by atoms with Crippen LogP contribution in [0, 0.1) is 0 Å². The van der Waals surface area contributed by atoms with Crippen molar-refractivity contribution in [3.05, 3.63) is 36.2 Å². The van der Waals surface area contributed by atoms with Crippen molar-refractivity contribution in [1.82, 2.24) is 9.97 Å². The van der Waals surface area contributed by atoms with E-state index < -0.39 is 0 Å². The largest absolute Gasteiger partial charge is 0.437 e. The van der Waals surface area contributed by atoms with E-state index in [2.05, 4.69) is 22.2 Å². The molecule has 0 radical (unpaired) electrons. The summed E-state index contributed by atoms with van der Waals surface area (Å²) in [6.45, 7) is 2.12. The summed E-state index contributed by atoms with van der Waals surface area (Å²) in [6.07, 6.45) is 7.34. The highest BCUT2D eigenvalue weighted by Crippen LogP contribution is 2.31. The average molecular weight is 298 g/mol. The number of nitrogens with zero attached hydrogens (tertiary/aromatic N) is 2. The van der Waals surface area contributed by atoms with Crippen LogP contribution in [-0.2, 0) is 6.42 Å². The number of aryl methyl sites for hydroxylation is 1. The van der Waals surface area contributed by atoms with Crippen LogP contribution in [0.25, 0.3) is 0 Å². The van der Waals surface area contributed by atoms with E-state index in [9.17, 15) is 0 Å². The molecule has 3 N–H and O–H groups in total. The number of nitrogens with two attached hydrogens (primary N) is 1. The van der Waals surface area contributed by atoms with Crippen molar-refractivity contribution in [3.8, 4) is 11.6 Å². The molecule has 3 rings (SSSR count). The Labute approximate surface area is 130 Å². The van der Waals surface area contributed by atoms with Crippen molar-refractivity contribution in [2.75, 3.05) is 11.1 Å². The molecule has 0 spiro atoms. The van der Waals surface area contributed by atoms with Gasteiger partial charge in [-0.25, -0.2) is 4.98 Å². The maximum Gasteiger partial charge on any atom is 0.248 e. The number of benzene rings is 1. The highest BCUT2D eigenvalue weighted by atomic mass is 16.5. The predicted molar refractivity (Wildman–Crippen MR) is 88.2 cm³/mol. The van der Waals surface area contributed by atoms with Crippen molar-refractivity contribution < 1.29 is 4.74 Å². The Morgan fingerprint density at radius 1 is 1.18 bits per heavy atom. The van der Waals surface area contributed by atoms with Gasteiger partial charge in [-0.15, -0.1) is 0 Å². The Morgan fingerprint density at radius 3 is 2.59 bits per heavy atom. The van der Waals surface area contributed by atoms with Gasteiger partial charge in [0, 0.05) is 6.04 Å². The lowest BCUT2D eigenvalue weighted by Gasteiger charge is -2.15. The van der Waals surface area contributed by atoms with Crippen molar-refractivity contribution in [1.29, 1.82) is 0 Å². The van der Waals surface area contributed by atoms with E-state index in [-0.39, 0.29) is 0 Å². The highest BCUT2D eigenvalue weighted by molar-refractivity contribution is 5.67. The quantitative estimate of drug-likeness (QED) is 0.879. The van der Waals surface area contributed by atoms with Crippen LogP contribution in [0.3, 0.4) is 0 Å². The predicted octanol–water partition coefficient (Wildman–Crippen LogP) is 3.77. The molecule has 116 valence electrons. The molecule has 0 unspecified atom stereocenters. The van der Waals surface area contributed by atoms with Gasteiger partial charge < -0.3 is 15.8 Å². The minimum atomic E-state index is 0.403. The monoisotopic (exact) mass is 298 g/mol. The van der Waals surface area contributed by atoms with Gasteiger partial charge in [0.25, 0.3) is 0 Å². The Bertz CT molecular complexity index is 621. The van der Waals surface area contributed by atoms with E-state index >= 15 is 0 Å². The van der Waals surface area contributed by atoms with Gasteiger partial charge in [0.15, 0.2) is 5.82 Å². The van der Waals surface area contributed by atoms with Crippen molar-refractivity contribution in [2.24, 2.45) is 0 Å². The molecule has 0 bridgehead atoms. The fourth-order valence-electron chi connectivity index (χ4n) is 2.74. The Balaban J connectivity index is 1.75. The Hall–Kier alpha value is -2.30. The summed E-state index contributed by atoms with van der Waals surface area (Å²) in [6, 6.07) is 8.41. The number of nitrogens with one attached hydrogen (secondary N) is 1. The lowest BCUT2D eigenvalue weighted by molar-refractivity contribution is 0.464. The summed E-state index contributed by atoms with van der Waals surface area (Å²) >= 11 is 0. The van der Waals surface area contributed by atoms with Gasteiger partial charge >= 0.3 is 0 Å². The van der Waals surface area contributed by atoms with Crippen LogP contribution in [0.4, 0.5) is 11.5 Å². The first-order valence-corrected chi connectivity index (χ1v) is 7.90. The second-order valence-corrected chi connectivity index (χ2v) is 5.67. The van der Waals surface area contributed by atoms with Gasteiger partial charge in [-0.05, 0) is 37.0 Å². The molecule has 1 heterocycles. The van der Waals surface area contributed by atoms with Crippen molar-refractivity contribution in [2.45, 2.75) is 45.1 Å². The molecular weight excluding hydrogens is 276 g/mol. The highest BCUT2D eigenvalue weighted by Gasteiger charge is 2.18. The second kappa shape index (κ2) is 6.64. The first-order valence-electron chi connectivity index (χ1n) is 7.90. The fraction of sp³-hybridized carbons (Fsp3) is 0.412. The van der Waals surface area contributed by atoms with E-state index in [4.69, 9.17) is 10.5 Å². The summed E-state index contributed by atoms with van der Waals surface area (Å²) in [5, 5.41) is 3.40. The van der Waals surface area contributed by atoms with Crippen molar-refractivity contribution >= 4 is 11.5 Å². The fourth-order valence-corrected chi connectivity index (χ4v) is 2.74. The molecule has 1 aromatic heterocycles. The molecule has 0 amide bonds. The Morgan fingerprint density at radius 2 is 1.91 bits per heavy atom. The molecule has 2 aromatic rings. The number of nitrogen functional groups attached to an aromatic ring is 1. The minimum absolute atomic E-state index is 0.403. The third-order valence-electron chi connectivity index (χ3n) is 4.09. The number of hydrogen-bond donors (Lipinski definition) is 2. The molecule has 0 saturated heterocycles. The van der Waals surface area contributed by atoms with Crippen LogP contribution in [0.15, 0.2) is 30.6 Å². The molecule has 1 aliphatic rings. The van der Waals surface area contributed by atoms with E-state index in [1.807, 2.05) is 24.3 Å². The summed E-state index contributed by atoms with van der Waals surface area (Å²) in [5.41, 5.74) is 7.89. The number of anilines is 2. The molecular formula is C17H22N4O. The summed E-state index contributed by atoms with van der Waals surface area (Å²) < 4.78 is 5.80. The van der Waals surface area contributed by atoms with Crippen LogP contribution in [0.5, 0.6) is 11.6 Å². The van der Waals surface area contributed by atoms with Crippen LogP contribution in [0.2, 0.25) is 0 Å². The molecule has 1 aromatic carbocycles. The number of rotatable bonds is 5. The molecule has 5 heteroatoms. The zero-order valence-corrected chi connectivity index (χ0v) is 12.9. The standard InChI is InChI=1S/C17H22N4O/c1-2-12-7-9-14(10-8-12)22-17-15(18)16(19-11-20-17)21-13-5-3-4-6-13/h7-11,13H,2-6,18H2,1H3,(H,19,20,21). The van der Waals surface area contributed by atoms with Gasteiger partial charge in [-0.3, -0.25) is 0 Å². The summed E-state index contributed by atoms with van der Waals surface area (Å²) in [5.74, 6) is 1.80. The number of hydrogen-bond acceptors (Lipinski definition) is 5. The third-order valence-corrected chi connectivity index (χ3v) is 4.09. The van der Waals surface area contributed by atoms with E-state index in [1.165, 1.54) is 24.7 Å². The first-order chi connectivity index (χ1) is 10.8. The smallest absolute Gasteiger partial charge is 0.248 e. The molecule has 5 nitrogen and oxygen atoms in total. The van der Waals surface area contributed by atoms with Crippen LogP contribution in [0.1, 0.15) is 38.2 Å². The second-order valence-electron chi connectivity index (χ2n) is 5.67. The van der Waals surface area contributed by atoms with Crippen LogP contribution >= 0.6 is 0 Å². The average Bonchev–Trinajstić information content (AvgIpc) is 3.05. The molecule has 1 saturated carbocycles. The SMILES string of the molecule is CCc1ccc(Oc2ncnc(NC3CCCC3)c2N)cc1. The van der Waals surface area contributed by atoms with Gasteiger partial charge in [0.05, 0.1) is 0 Å². The van der Waals surface area contributed by atoms with Gasteiger partial charge in [-0.1, -0.05) is 31.9 Å². The third kappa shape index (κ3) is 3.30. The van der Waals surface area contributed by atoms with Gasteiger partial charge in [0.2, 0.25) is 5.88 Å².